The molecule has 0 N–H and O–H groups in total. The topological polar surface area (TPSA) is 18.5 Å². The second-order valence-corrected chi connectivity index (χ2v) is 6.99. The second-order valence-electron chi connectivity index (χ2n) is 6.99. The fraction of sp³-hybridized carbons (Fsp3) is 0.364. The maximum Gasteiger partial charge on any atom is 0.0566 e. The van der Waals surface area contributed by atoms with Gasteiger partial charge in [0.05, 0.1) is 26.4 Å². The summed E-state index contributed by atoms with van der Waals surface area (Å²) in [5, 5.41) is 5.26. The van der Waals surface area contributed by atoms with Crippen molar-refractivity contribution in [2.45, 2.75) is 19.8 Å². The van der Waals surface area contributed by atoms with Crippen molar-refractivity contribution in [3.8, 4) is 0 Å². The van der Waals surface area contributed by atoms with Crippen LogP contribution in [-0.4, -0.2) is 26.4 Å². The third-order valence-electron chi connectivity index (χ3n) is 5.32. The van der Waals surface area contributed by atoms with Gasteiger partial charge in [-0.05, 0) is 39.9 Å². The molecule has 3 aromatic rings. The van der Waals surface area contributed by atoms with Crippen molar-refractivity contribution >= 4 is 21.5 Å². The van der Waals surface area contributed by atoms with Crippen molar-refractivity contribution in [3.63, 3.8) is 0 Å². The molecule has 0 unspecified atom stereocenters. The van der Waals surface area contributed by atoms with Gasteiger partial charge >= 0.3 is 0 Å². The first-order valence-corrected chi connectivity index (χ1v) is 8.86. The zero-order valence-electron chi connectivity index (χ0n) is 14.3. The molecule has 1 fully saturated rings. The van der Waals surface area contributed by atoms with Crippen LogP contribution in [0.5, 0.6) is 0 Å². The van der Waals surface area contributed by atoms with Crippen molar-refractivity contribution in [2.75, 3.05) is 26.4 Å². The van der Waals surface area contributed by atoms with E-state index in [1.165, 1.54) is 27.1 Å². The standard InChI is InChI=1S/C22H24O2/c1-2-22(15-24-16-22)14-23-12-11-17-7-10-21-19(13-17)9-8-18-5-3-4-6-20(18)21/h3-10,13H,2,11-12,14-16H2,1H3. The SMILES string of the molecule is CCC1(COCCc2ccc3c(ccc4ccccc43)c2)COC1. The fourth-order valence-electron chi connectivity index (χ4n) is 3.48. The maximum absolute atomic E-state index is 5.94. The highest BCUT2D eigenvalue weighted by molar-refractivity contribution is 6.07. The van der Waals surface area contributed by atoms with E-state index in [4.69, 9.17) is 9.47 Å². The Kier molecular flexibility index (Phi) is 4.26. The summed E-state index contributed by atoms with van der Waals surface area (Å²) in [5.74, 6) is 0. The molecule has 0 spiro atoms. The van der Waals surface area contributed by atoms with Gasteiger partial charge in [0.25, 0.3) is 0 Å². The van der Waals surface area contributed by atoms with Crippen molar-refractivity contribution in [1.29, 1.82) is 0 Å². The zero-order valence-corrected chi connectivity index (χ0v) is 14.3. The van der Waals surface area contributed by atoms with Crippen LogP contribution in [-0.2, 0) is 15.9 Å². The first-order valence-electron chi connectivity index (χ1n) is 8.86. The summed E-state index contributed by atoms with van der Waals surface area (Å²) in [6.45, 7) is 5.53. The van der Waals surface area contributed by atoms with E-state index in [2.05, 4.69) is 61.5 Å². The Bertz CT molecular complexity index is 843. The van der Waals surface area contributed by atoms with Gasteiger partial charge in [-0.1, -0.05) is 61.5 Å². The van der Waals surface area contributed by atoms with E-state index in [0.29, 0.717) is 0 Å². The summed E-state index contributed by atoms with van der Waals surface area (Å²) in [5.41, 5.74) is 1.62. The fourth-order valence-corrected chi connectivity index (χ4v) is 3.48. The Balaban J connectivity index is 1.44. The summed E-state index contributed by atoms with van der Waals surface area (Å²) in [4.78, 5) is 0. The number of ether oxygens (including phenoxy) is 2. The van der Waals surface area contributed by atoms with Gasteiger partial charge in [0.15, 0.2) is 0 Å². The van der Waals surface area contributed by atoms with E-state index in [9.17, 15) is 0 Å². The third kappa shape index (κ3) is 2.92. The lowest BCUT2D eigenvalue weighted by molar-refractivity contribution is -0.149. The molecular formula is C22H24O2. The molecule has 1 saturated heterocycles. The van der Waals surface area contributed by atoms with Gasteiger partial charge in [-0.3, -0.25) is 0 Å². The Hall–Kier alpha value is -1.90. The molecule has 3 aromatic carbocycles. The highest BCUT2D eigenvalue weighted by Gasteiger charge is 2.36. The molecule has 0 amide bonds. The zero-order chi connectivity index (χ0) is 16.4. The van der Waals surface area contributed by atoms with Crippen LogP contribution in [0.15, 0.2) is 54.6 Å². The first kappa shape index (κ1) is 15.6. The second kappa shape index (κ2) is 6.54. The Morgan fingerprint density at radius 3 is 2.54 bits per heavy atom. The van der Waals surface area contributed by atoms with E-state index in [-0.39, 0.29) is 5.41 Å². The Labute approximate surface area is 143 Å². The lowest BCUT2D eigenvalue weighted by Crippen LogP contribution is -2.45. The smallest absolute Gasteiger partial charge is 0.0566 e. The molecule has 24 heavy (non-hydrogen) atoms. The van der Waals surface area contributed by atoms with Gasteiger partial charge in [-0.2, -0.15) is 0 Å². The van der Waals surface area contributed by atoms with E-state index in [1.807, 2.05) is 0 Å². The molecule has 1 aliphatic heterocycles. The summed E-state index contributed by atoms with van der Waals surface area (Å²) >= 11 is 0. The average Bonchev–Trinajstić information content (AvgIpc) is 2.60. The number of rotatable bonds is 6. The number of hydrogen-bond acceptors (Lipinski definition) is 2. The van der Waals surface area contributed by atoms with Crippen molar-refractivity contribution < 1.29 is 9.47 Å². The highest BCUT2D eigenvalue weighted by Crippen LogP contribution is 2.31. The van der Waals surface area contributed by atoms with Gasteiger partial charge in [0, 0.05) is 5.41 Å². The van der Waals surface area contributed by atoms with Crippen molar-refractivity contribution in [1.82, 2.24) is 0 Å². The third-order valence-corrected chi connectivity index (χ3v) is 5.32. The van der Waals surface area contributed by atoms with Crippen LogP contribution in [0.4, 0.5) is 0 Å². The minimum atomic E-state index is 0.280. The molecule has 0 aliphatic carbocycles. The molecule has 1 heterocycles. The first-order chi connectivity index (χ1) is 11.8. The molecular weight excluding hydrogens is 296 g/mol. The van der Waals surface area contributed by atoms with Crippen LogP contribution in [0.1, 0.15) is 18.9 Å². The van der Waals surface area contributed by atoms with Gasteiger partial charge in [0.2, 0.25) is 0 Å². The van der Waals surface area contributed by atoms with Crippen LogP contribution in [0.25, 0.3) is 21.5 Å². The van der Waals surface area contributed by atoms with E-state index < -0.39 is 0 Å². The molecule has 2 heteroatoms. The monoisotopic (exact) mass is 320 g/mol. The summed E-state index contributed by atoms with van der Waals surface area (Å²) in [6, 6.07) is 19.8. The van der Waals surface area contributed by atoms with Crippen molar-refractivity contribution in [2.24, 2.45) is 5.41 Å². The van der Waals surface area contributed by atoms with Crippen LogP contribution >= 0.6 is 0 Å². The molecule has 0 bridgehead atoms. The normalized spacial score (nSPS) is 16.4. The molecule has 0 radical (unpaired) electrons. The largest absolute Gasteiger partial charge is 0.380 e. The molecule has 124 valence electrons. The molecule has 4 rings (SSSR count). The summed E-state index contributed by atoms with van der Waals surface area (Å²) in [6.07, 6.45) is 2.10. The number of hydrogen-bond donors (Lipinski definition) is 0. The molecule has 2 nitrogen and oxygen atoms in total. The lowest BCUT2D eigenvalue weighted by atomic mass is 9.84. The average molecular weight is 320 g/mol. The highest BCUT2D eigenvalue weighted by atomic mass is 16.5. The number of fused-ring (bicyclic) bond motifs is 3. The maximum atomic E-state index is 5.94. The van der Waals surface area contributed by atoms with Gasteiger partial charge in [-0.15, -0.1) is 0 Å². The van der Waals surface area contributed by atoms with E-state index in [0.717, 1.165) is 39.3 Å². The van der Waals surface area contributed by atoms with Gasteiger partial charge in [0.1, 0.15) is 0 Å². The van der Waals surface area contributed by atoms with Crippen LogP contribution in [0, 0.1) is 5.41 Å². The lowest BCUT2D eigenvalue weighted by Gasteiger charge is -2.40. The van der Waals surface area contributed by atoms with E-state index >= 15 is 0 Å². The van der Waals surface area contributed by atoms with Crippen molar-refractivity contribution in [3.05, 3.63) is 60.2 Å². The minimum Gasteiger partial charge on any atom is -0.380 e. The van der Waals surface area contributed by atoms with Crippen LogP contribution < -0.4 is 0 Å². The molecule has 1 aliphatic rings. The molecule has 0 atom stereocenters. The Morgan fingerprint density at radius 1 is 0.958 bits per heavy atom. The molecule has 0 saturated carbocycles. The predicted molar refractivity (Wildman–Crippen MR) is 99.5 cm³/mol. The summed E-state index contributed by atoms with van der Waals surface area (Å²) in [7, 11) is 0. The van der Waals surface area contributed by atoms with E-state index in [1.54, 1.807) is 0 Å². The number of benzene rings is 3. The summed E-state index contributed by atoms with van der Waals surface area (Å²) < 4.78 is 11.3. The minimum absolute atomic E-state index is 0.280. The van der Waals surface area contributed by atoms with Crippen LogP contribution in [0.3, 0.4) is 0 Å². The van der Waals surface area contributed by atoms with Gasteiger partial charge < -0.3 is 9.47 Å². The van der Waals surface area contributed by atoms with Crippen LogP contribution in [0.2, 0.25) is 0 Å². The Morgan fingerprint density at radius 2 is 1.75 bits per heavy atom. The predicted octanol–water partition coefficient (Wildman–Crippen LogP) is 4.98. The van der Waals surface area contributed by atoms with Gasteiger partial charge in [-0.25, -0.2) is 0 Å². The quantitative estimate of drug-likeness (QED) is 0.471. The molecule has 0 aromatic heterocycles.